The zero-order chi connectivity index (χ0) is 17.8. The molecule has 2 N–H and O–H groups in total. The number of hydrogen-bond donors (Lipinski definition) is 1. The second-order valence-corrected chi connectivity index (χ2v) is 8.22. The number of anilines is 1. The molecular weight excluding hydrogens is 408 g/mol. The Hall–Kier alpha value is -2.59. The Bertz CT molecular complexity index is 1250. The highest BCUT2D eigenvalue weighted by molar-refractivity contribution is 9.10. The fraction of sp³-hybridized carbons (Fsp3) is 0.0667. The van der Waals surface area contributed by atoms with Crippen molar-refractivity contribution in [2.45, 2.75) is 5.16 Å². The van der Waals surface area contributed by atoms with E-state index in [4.69, 9.17) is 5.73 Å². The van der Waals surface area contributed by atoms with Gasteiger partial charge in [0.2, 0.25) is 15.8 Å². The zero-order valence-corrected chi connectivity index (χ0v) is 15.3. The van der Waals surface area contributed by atoms with E-state index < -0.39 is 9.84 Å². The number of halogens is 1. The van der Waals surface area contributed by atoms with Crippen LogP contribution in [0.1, 0.15) is 0 Å². The third-order valence-electron chi connectivity index (χ3n) is 3.63. The van der Waals surface area contributed by atoms with Gasteiger partial charge in [-0.2, -0.15) is 19.5 Å². The summed E-state index contributed by atoms with van der Waals surface area (Å²) in [5.41, 5.74) is 6.55. The van der Waals surface area contributed by atoms with E-state index >= 15 is 0 Å². The molecule has 2 aromatic heterocycles. The molecule has 0 aliphatic heterocycles. The SMILES string of the molecule is CS(=O)(=O)c1nc(N)n2nc(-c3ccc4c(Br)cccc4c3)nc2n1. The Kier molecular flexibility index (Phi) is 3.48. The summed E-state index contributed by atoms with van der Waals surface area (Å²) in [7, 11) is -3.59. The summed E-state index contributed by atoms with van der Waals surface area (Å²) < 4.78 is 25.5. The molecule has 0 aliphatic rings. The molecule has 2 aromatic carbocycles. The monoisotopic (exact) mass is 418 g/mol. The van der Waals surface area contributed by atoms with Gasteiger partial charge in [-0.1, -0.05) is 40.2 Å². The lowest BCUT2D eigenvalue weighted by molar-refractivity contribution is 0.592. The molecule has 0 bridgehead atoms. The number of sulfone groups is 1. The van der Waals surface area contributed by atoms with Gasteiger partial charge < -0.3 is 5.73 Å². The average Bonchev–Trinajstić information content (AvgIpc) is 2.99. The van der Waals surface area contributed by atoms with Gasteiger partial charge in [-0.15, -0.1) is 5.10 Å². The van der Waals surface area contributed by atoms with Crippen LogP contribution < -0.4 is 5.73 Å². The molecule has 25 heavy (non-hydrogen) atoms. The summed E-state index contributed by atoms with van der Waals surface area (Å²) in [4.78, 5) is 12.0. The van der Waals surface area contributed by atoms with Gasteiger partial charge in [0, 0.05) is 16.3 Å². The van der Waals surface area contributed by atoms with Gasteiger partial charge in [-0.3, -0.25) is 0 Å². The molecule has 0 amide bonds. The largest absolute Gasteiger partial charge is 0.368 e. The minimum atomic E-state index is -3.59. The minimum Gasteiger partial charge on any atom is -0.368 e. The van der Waals surface area contributed by atoms with Gasteiger partial charge in [-0.05, 0) is 22.9 Å². The number of aromatic nitrogens is 5. The molecule has 0 spiro atoms. The Morgan fingerprint density at radius 1 is 1.12 bits per heavy atom. The van der Waals surface area contributed by atoms with E-state index in [2.05, 4.69) is 36.0 Å². The standard InChI is InChI=1S/C15H11BrN6O2S/c1-25(23,24)15-19-13(17)22-14(20-15)18-12(21-22)9-5-6-10-8(7-9)3-2-4-11(10)16/h2-7H,1H3,(H2,17,18,19,20,21). The van der Waals surface area contributed by atoms with Gasteiger partial charge in [0.1, 0.15) is 0 Å². The Labute approximate surface area is 150 Å². The van der Waals surface area contributed by atoms with E-state index in [1.54, 1.807) is 0 Å². The van der Waals surface area contributed by atoms with Crippen LogP contribution in [0.4, 0.5) is 5.95 Å². The lowest BCUT2D eigenvalue weighted by atomic mass is 10.1. The molecule has 0 unspecified atom stereocenters. The summed E-state index contributed by atoms with van der Waals surface area (Å²) >= 11 is 3.51. The van der Waals surface area contributed by atoms with Crippen molar-refractivity contribution in [2.24, 2.45) is 0 Å². The Balaban J connectivity index is 1.91. The molecule has 4 aromatic rings. The number of benzene rings is 2. The maximum absolute atomic E-state index is 11.6. The predicted molar refractivity (Wildman–Crippen MR) is 96.7 cm³/mol. The summed E-state index contributed by atoms with van der Waals surface area (Å²) in [6, 6.07) is 11.7. The molecule has 0 atom stereocenters. The summed E-state index contributed by atoms with van der Waals surface area (Å²) in [6.45, 7) is 0. The minimum absolute atomic E-state index is 0.0808. The van der Waals surface area contributed by atoms with Crippen LogP contribution in [0.5, 0.6) is 0 Å². The second-order valence-electron chi connectivity index (χ2n) is 5.46. The van der Waals surface area contributed by atoms with Crippen LogP contribution >= 0.6 is 15.9 Å². The first-order valence-corrected chi connectivity index (χ1v) is 9.80. The van der Waals surface area contributed by atoms with Crippen LogP contribution in [0.25, 0.3) is 27.9 Å². The first-order valence-electron chi connectivity index (χ1n) is 7.12. The molecule has 0 saturated carbocycles. The van der Waals surface area contributed by atoms with Crippen LogP contribution in [0.15, 0.2) is 46.0 Å². The van der Waals surface area contributed by atoms with Crippen molar-refractivity contribution < 1.29 is 8.42 Å². The van der Waals surface area contributed by atoms with Gasteiger partial charge in [0.05, 0.1) is 0 Å². The molecule has 126 valence electrons. The molecule has 0 fully saturated rings. The first-order chi connectivity index (χ1) is 11.8. The maximum atomic E-state index is 11.6. The fourth-order valence-corrected chi connectivity index (χ4v) is 3.48. The summed E-state index contributed by atoms with van der Waals surface area (Å²) in [5, 5.41) is 5.99. The molecule has 2 heterocycles. The van der Waals surface area contributed by atoms with E-state index in [-0.39, 0.29) is 16.9 Å². The normalized spacial score (nSPS) is 12.1. The third-order valence-corrected chi connectivity index (χ3v) is 5.17. The van der Waals surface area contributed by atoms with Crippen LogP contribution in [0.3, 0.4) is 0 Å². The van der Waals surface area contributed by atoms with Crippen LogP contribution in [0, 0.1) is 0 Å². The van der Waals surface area contributed by atoms with Gasteiger partial charge in [-0.25, -0.2) is 8.42 Å². The van der Waals surface area contributed by atoms with Crippen LogP contribution in [-0.4, -0.2) is 39.2 Å². The van der Waals surface area contributed by atoms with Gasteiger partial charge >= 0.3 is 0 Å². The van der Waals surface area contributed by atoms with Crippen LogP contribution in [0.2, 0.25) is 0 Å². The van der Waals surface area contributed by atoms with Crippen molar-refractivity contribution in [2.75, 3.05) is 12.0 Å². The smallest absolute Gasteiger partial charge is 0.258 e. The van der Waals surface area contributed by atoms with Crippen molar-refractivity contribution >= 4 is 48.3 Å². The molecule has 10 heteroatoms. The quantitative estimate of drug-likeness (QED) is 0.529. The van der Waals surface area contributed by atoms with Crippen molar-refractivity contribution in [1.29, 1.82) is 0 Å². The highest BCUT2D eigenvalue weighted by atomic mass is 79.9. The number of nitrogen functional groups attached to an aromatic ring is 1. The highest BCUT2D eigenvalue weighted by Gasteiger charge is 2.17. The Morgan fingerprint density at radius 2 is 1.92 bits per heavy atom. The molecule has 0 saturated heterocycles. The third kappa shape index (κ3) is 2.72. The van der Waals surface area contributed by atoms with E-state index in [9.17, 15) is 8.42 Å². The van der Waals surface area contributed by atoms with E-state index in [0.717, 1.165) is 27.1 Å². The number of fused-ring (bicyclic) bond motifs is 2. The number of nitrogens with zero attached hydrogens (tertiary/aromatic N) is 5. The number of nitrogens with two attached hydrogens (primary N) is 1. The summed E-state index contributed by atoms with van der Waals surface area (Å²) in [6.07, 6.45) is 1.01. The second kappa shape index (κ2) is 5.46. The lowest BCUT2D eigenvalue weighted by Crippen LogP contribution is -2.11. The van der Waals surface area contributed by atoms with Gasteiger partial charge in [0.25, 0.3) is 10.9 Å². The topological polar surface area (TPSA) is 116 Å². The lowest BCUT2D eigenvalue weighted by Gasteiger charge is -2.02. The Morgan fingerprint density at radius 3 is 2.68 bits per heavy atom. The van der Waals surface area contributed by atoms with Crippen LogP contribution in [-0.2, 0) is 9.84 Å². The average molecular weight is 419 g/mol. The number of hydrogen-bond acceptors (Lipinski definition) is 7. The molecular formula is C15H11BrN6O2S. The maximum Gasteiger partial charge on any atom is 0.258 e. The molecule has 8 nitrogen and oxygen atoms in total. The molecule has 4 rings (SSSR count). The van der Waals surface area contributed by atoms with Crippen molar-refractivity contribution in [1.82, 2.24) is 24.6 Å². The first kappa shape index (κ1) is 15.9. The summed E-state index contributed by atoms with van der Waals surface area (Å²) in [5.74, 6) is 0.374. The van der Waals surface area contributed by atoms with E-state index in [0.29, 0.717) is 5.82 Å². The molecule has 0 aliphatic carbocycles. The van der Waals surface area contributed by atoms with Crippen molar-refractivity contribution in [3.63, 3.8) is 0 Å². The fourth-order valence-electron chi connectivity index (χ4n) is 2.46. The highest BCUT2D eigenvalue weighted by Crippen LogP contribution is 2.27. The van der Waals surface area contributed by atoms with Crippen molar-refractivity contribution in [3.8, 4) is 11.4 Å². The number of rotatable bonds is 2. The van der Waals surface area contributed by atoms with E-state index in [1.807, 2.05) is 36.4 Å². The molecule has 0 radical (unpaired) electrons. The zero-order valence-electron chi connectivity index (χ0n) is 12.9. The van der Waals surface area contributed by atoms with Gasteiger partial charge in [0.15, 0.2) is 5.82 Å². The van der Waals surface area contributed by atoms with Crippen molar-refractivity contribution in [3.05, 3.63) is 40.9 Å². The predicted octanol–water partition coefficient (Wildman–Crippen LogP) is 2.09. The van der Waals surface area contributed by atoms with E-state index in [1.165, 1.54) is 4.52 Å².